The molecule has 35 heavy (non-hydrogen) atoms. The van der Waals surface area contributed by atoms with Gasteiger partial charge in [-0.05, 0) is 47.5 Å². The fourth-order valence-electron chi connectivity index (χ4n) is 3.95. The largest absolute Gasteiger partial charge is 0.326 e. The van der Waals surface area contributed by atoms with Crippen LogP contribution < -0.4 is 5.32 Å². The molecule has 0 saturated carbocycles. The zero-order valence-electron chi connectivity index (χ0n) is 18.4. The lowest BCUT2D eigenvalue weighted by atomic mass is 9.98. The van der Waals surface area contributed by atoms with Gasteiger partial charge in [0.25, 0.3) is 5.91 Å². The average Bonchev–Trinajstić information content (AvgIpc) is 3.45. The third-order valence-corrected chi connectivity index (χ3v) is 6.84. The summed E-state index contributed by atoms with van der Waals surface area (Å²) < 4.78 is 27.0. The summed E-state index contributed by atoms with van der Waals surface area (Å²) in [5, 5.41) is 8.82. The molecule has 2 atom stereocenters. The second-order valence-electron chi connectivity index (χ2n) is 8.13. The first kappa shape index (κ1) is 22.9. The summed E-state index contributed by atoms with van der Waals surface area (Å²) in [4.78, 5) is 29.3. The predicted octanol–water partition coefficient (Wildman–Crippen LogP) is 5.14. The van der Waals surface area contributed by atoms with Crippen molar-refractivity contribution in [1.29, 1.82) is 0 Å². The molecule has 3 aromatic rings. The molecule has 2 aliphatic rings. The third kappa shape index (κ3) is 5.14. The Hall–Kier alpha value is -3.85. The van der Waals surface area contributed by atoms with Crippen molar-refractivity contribution in [3.05, 3.63) is 102 Å². The van der Waals surface area contributed by atoms with Gasteiger partial charge in [-0.15, -0.1) is 0 Å². The van der Waals surface area contributed by atoms with Crippen LogP contribution in [0.3, 0.4) is 0 Å². The van der Waals surface area contributed by atoms with E-state index in [9.17, 15) is 18.4 Å². The highest BCUT2D eigenvalue weighted by atomic mass is 32.2. The molecule has 2 amide bonds. The van der Waals surface area contributed by atoms with Crippen LogP contribution in [0, 0.1) is 11.6 Å². The summed E-state index contributed by atoms with van der Waals surface area (Å²) in [6.07, 6.45) is 0.430. The Kier molecular flexibility index (Phi) is 6.41. The maximum Gasteiger partial charge on any atom is 0.262 e. The van der Waals surface area contributed by atoms with Crippen molar-refractivity contribution in [1.82, 2.24) is 5.01 Å². The van der Waals surface area contributed by atoms with Gasteiger partial charge in [-0.2, -0.15) is 10.1 Å². The number of anilines is 1. The van der Waals surface area contributed by atoms with Crippen molar-refractivity contribution < 1.29 is 18.4 Å². The number of aliphatic imine (C=N–C) groups is 1. The highest BCUT2D eigenvalue weighted by molar-refractivity contribution is 8.15. The van der Waals surface area contributed by atoms with E-state index < -0.39 is 11.2 Å². The van der Waals surface area contributed by atoms with Crippen molar-refractivity contribution in [2.24, 2.45) is 10.1 Å². The number of para-hydroxylation sites is 1. The molecule has 1 N–H and O–H groups in total. The summed E-state index contributed by atoms with van der Waals surface area (Å²) in [6.45, 7) is 0. The van der Waals surface area contributed by atoms with Crippen LogP contribution in [-0.4, -0.2) is 33.0 Å². The van der Waals surface area contributed by atoms with E-state index in [0.29, 0.717) is 23.0 Å². The second kappa shape index (κ2) is 9.79. The number of carbonyl (C=O) groups excluding carboxylic acids is 2. The fourth-order valence-corrected chi connectivity index (χ4v) is 5.02. The number of nitrogens with zero attached hydrogens (tertiary/aromatic N) is 3. The van der Waals surface area contributed by atoms with Crippen LogP contribution in [0.2, 0.25) is 0 Å². The number of rotatable bonds is 5. The minimum Gasteiger partial charge on any atom is -0.326 e. The zero-order valence-corrected chi connectivity index (χ0v) is 19.2. The number of benzene rings is 3. The summed E-state index contributed by atoms with van der Waals surface area (Å²) in [7, 11) is 0. The standard InChI is InChI=1S/C26H20F2N4O2S/c27-18-10-6-16(7-11-18)21-14-22(17-8-12-19(28)13-9-17)32(31-21)26-30-25(34)23(35-26)15-24(33)29-20-4-2-1-3-5-20/h1-13,22-23H,14-15H2,(H,29,33)/t22-,23+/m1/s1. The lowest BCUT2D eigenvalue weighted by molar-refractivity contribution is -0.121. The normalized spacial score (nSPS) is 19.5. The van der Waals surface area contributed by atoms with Gasteiger partial charge in [0.2, 0.25) is 5.91 Å². The zero-order chi connectivity index (χ0) is 24.4. The molecular formula is C26H20F2N4O2S. The highest BCUT2D eigenvalue weighted by Crippen LogP contribution is 2.38. The van der Waals surface area contributed by atoms with Crippen molar-refractivity contribution in [2.45, 2.75) is 24.1 Å². The molecule has 0 aliphatic carbocycles. The molecule has 0 fully saturated rings. The molecule has 0 spiro atoms. The summed E-state index contributed by atoms with van der Waals surface area (Å²) in [5.41, 5.74) is 2.89. The summed E-state index contributed by atoms with van der Waals surface area (Å²) in [6, 6.07) is 20.8. The highest BCUT2D eigenvalue weighted by Gasteiger charge is 2.39. The van der Waals surface area contributed by atoms with E-state index in [1.807, 2.05) is 18.2 Å². The molecule has 0 unspecified atom stereocenters. The van der Waals surface area contributed by atoms with Gasteiger partial charge in [-0.25, -0.2) is 13.8 Å². The summed E-state index contributed by atoms with van der Waals surface area (Å²) >= 11 is 1.18. The quantitative estimate of drug-likeness (QED) is 0.537. The molecule has 176 valence electrons. The van der Waals surface area contributed by atoms with E-state index in [4.69, 9.17) is 5.10 Å². The number of halogens is 2. The Morgan fingerprint density at radius 2 is 1.63 bits per heavy atom. The van der Waals surface area contributed by atoms with Crippen LogP contribution in [0.5, 0.6) is 0 Å². The van der Waals surface area contributed by atoms with E-state index in [1.165, 1.54) is 36.0 Å². The average molecular weight is 491 g/mol. The van der Waals surface area contributed by atoms with Crippen LogP contribution in [0.15, 0.2) is 89.0 Å². The van der Waals surface area contributed by atoms with Gasteiger partial charge in [-0.1, -0.05) is 54.2 Å². The SMILES string of the molecule is O=C(C[C@@H]1SC(N2N=C(c3ccc(F)cc3)C[C@@H]2c2ccc(F)cc2)=NC1=O)Nc1ccccc1. The Balaban J connectivity index is 1.36. The number of hydrogen-bond donors (Lipinski definition) is 1. The molecular weight excluding hydrogens is 470 g/mol. The van der Waals surface area contributed by atoms with Crippen LogP contribution in [0.25, 0.3) is 0 Å². The molecule has 2 heterocycles. The van der Waals surface area contributed by atoms with Crippen molar-refractivity contribution in [3.8, 4) is 0 Å². The molecule has 2 aliphatic heterocycles. The Morgan fingerprint density at radius 3 is 2.31 bits per heavy atom. The third-order valence-electron chi connectivity index (χ3n) is 5.70. The van der Waals surface area contributed by atoms with Gasteiger partial charge in [0, 0.05) is 18.5 Å². The van der Waals surface area contributed by atoms with Crippen molar-refractivity contribution in [2.75, 3.05) is 5.32 Å². The number of thioether (sulfide) groups is 1. The number of amides is 2. The lowest BCUT2D eigenvalue weighted by Crippen LogP contribution is -2.25. The number of hydrogen-bond acceptors (Lipinski definition) is 5. The van der Waals surface area contributed by atoms with Gasteiger partial charge in [0.15, 0.2) is 5.17 Å². The molecule has 0 saturated heterocycles. The van der Waals surface area contributed by atoms with E-state index in [-0.39, 0.29) is 30.0 Å². The molecule has 3 aromatic carbocycles. The summed E-state index contributed by atoms with van der Waals surface area (Å²) in [5.74, 6) is -1.40. The molecule has 0 radical (unpaired) electrons. The van der Waals surface area contributed by atoms with Gasteiger partial charge < -0.3 is 5.32 Å². The Bertz CT molecular complexity index is 1310. The number of carbonyl (C=O) groups is 2. The van der Waals surface area contributed by atoms with Gasteiger partial charge in [-0.3, -0.25) is 9.59 Å². The van der Waals surface area contributed by atoms with Crippen LogP contribution >= 0.6 is 11.8 Å². The second-order valence-corrected chi connectivity index (χ2v) is 9.30. The molecule has 9 heteroatoms. The molecule has 0 aromatic heterocycles. The molecule has 5 rings (SSSR count). The maximum atomic E-state index is 13.5. The Labute approximate surface area is 204 Å². The van der Waals surface area contributed by atoms with Crippen molar-refractivity contribution in [3.63, 3.8) is 0 Å². The maximum absolute atomic E-state index is 13.5. The van der Waals surface area contributed by atoms with Gasteiger partial charge in [0.1, 0.15) is 16.9 Å². The molecule has 0 bridgehead atoms. The van der Waals surface area contributed by atoms with Crippen molar-refractivity contribution >= 4 is 40.1 Å². The van der Waals surface area contributed by atoms with E-state index in [2.05, 4.69) is 10.3 Å². The lowest BCUT2D eigenvalue weighted by Gasteiger charge is -2.23. The monoisotopic (exact) mass is 490 g/mol. The number of amidine groups is 1. The Morgan fingerprint density at radius 1 is 0.971 bits per heavy atom. The van der Waals surface area contributed by atoms with E-state index in [1.54, 1.807) is 41.4 Å². The van der Waals surface area contributed by atoms with Gasteiger partial charge in [0.05, 0.1) is 11.8 Å². The smallest absolute Gasteiger partial charge is 0.262 e. The first-order valence-electron chi connectivity index (χ1n) is 11.0. The minimum atomic E-state index is -0.673. The first-order valence-corrected chi connectivity index (χ1v) is 11.9. The van der Waals surface area contributed by atoms with Crippen LogP contribution in [0.4, 0.5) is 14.5 Å². The van der Waals surface area contributed by atoms with Crippen LogP contribution in [-0.2, 0) is 9.59 Å². The fraction of sp³-hybridized carbons (Fsp3) is 0.154. The predicted molar refractivity (Wildman–Crippen MR) is 132 cm³/mol. The topological polar surface area (TPSA) is 74.1 Å². The number of nitrogens with one attached hydrogen (secondary N) is 1. The number of hydrazone groups is 1. The first-order chi connectivity index (χ1) is 17.0. The van der Waals surface area contributed by atoms with E-state index in [0.717, 1.165) is 11.1 Å². The van der Waals surface area contributed by atoms with Crippen LogP contribution in [0.1, 0.15) is 30.0 Å². The minimum absolute atomic E-state index is 0.0328. The van der Waals surface area contributed by atoms with E-state index >= 15 is 0 Å². The van der Waals surface area contributed by atoms with Gasteiger partial charge >= 0.3 is 0 Å². The molecule has 6 nitrogen and oxygen atoms in total.